The van der Waals surface area contributed by atoms with Crippen molar-refractivity contribution >= 4 is 40.1 Å². The van der Waals surface area contributed by atoms with Crippen LogP contribution in [0.2, 0.25) is 0 Å². The molecule has 0 spiro atoms. The van der Waals surface area contributed by atoms with Crippen LogP contribution in [0.15, 0.2) is 48.5 Å². The monoisotopic (exact) mass is 445 g/mol. The Morgan fingerprint density at radius 2 is 1.61 bits per heavy atom. The minimum Gasteiger partial charge on any atom is -0.388 e. The highest BCUT2D eigenvalue weighted by Crippen LogP contribution is 2.27. The molecule has 1 fully saturated rings. The van der Waals surface area contributed by atoms with E-state index in [0.717, 1.165) is 40.4 Å². The molecule has 0 unspecified atom stereocenters. The van der Waals surface area contributed by atoms with Gasteiger partial charge in [-0.15, -0.1) is 0 Å². The number of nitrogens with one attached hydrogen (secondary N) is 3. The normalized spacial score (nSPS) is 15.3. The molecule has 1 aliphatic heterocycles. The van der Waals surface area contributed by atoms with E-state index in [9.17, 15) is 14.4 Å². The average molecular weight is 446 g/mol. The van der Waals surface area contributed by atoms with Crippen molar-refractivity contribution in [1.29, 1.82) is 0 Å². The van der Waals surface area contributed by atoms with Gasteiger partial charge in [-0.05, 0) is 74.2 Å². The van der Waals surface area contributed by atoms with Crippen LogP contribution in [0.3, 0.4) is 0 Å². The smallest absolute Gasteiger partial charge is 0.347 e. The molecule has 7 nitrogen and oxygen atoms in total. The molecule has 3 aromatic rings. The summed E-state index contributed by atoms with van der Waals surface area (Å²) in [5.74, 6) is -1.40. The summed E-state index contributed by atoms with van der Waals surface area (Å²) in [7, 11) is 0. The lowest BCUT2D eigenvalue weighted by Gasteiger charge is -2.16. The number of fused-ring (bicyclic) bond motifs is 1. The van der Waals surface area contributed by atoms with Crippen molar-refractivity contribution in [2.24, 2.45) is 0 Å². The van der Waals surface area contributed by atoms with Crippen molar-refractivity contribution in [3.63, 3.8) is 0 Å². The van der Waals surface area contributed by atoms with Crippen LogP contribution < -0.4 is 16.0 Å². The molecule has 1 saturated heterocycles. The van der Waals surface area contributed by atoms with Crippen LogP contribution in [0.25, 0.3) is 10.8 Å². The number of ether oxygens (including phenoxy) is 1. The number of rotatable bonds is 4. The molecule has 1 atom stereocenters. The van der Waals surface area contributed by atoms with E-state index in [2.05, 4.69) is 16.0 Å². The second-order valence-corrected chi connectivity index (χ2v) is 8.46. The van der Waals surface area contributed by atoms with Crippen molar-refractivity contribution in [2.75, 3.05) is 17.2 Å². The molecule has 0 radical (unpaired) electrons. The number of anilines is 2. The lowest BCUT2D eigenvalue weighted by atomic mass is 10.0. The van der Waals surface area contributed by atoms with Crippen LogP contribution in [0.1, 0.15) is 39.9 Å². The first-order valence-corrected chi connectivity index (χ1v) is 11.0. The molecular weight excluding hydrogens is 418 g/mol. The van der Waals surface area contributed by atoms with Gasteiger partial charge in [0.25, 0.3) is 0 Å². The van der Waals surface area contributed by atoms with E-state index in [1.54, 1.807) is 12.1 Å². The van der Waals surface area contributed by atoms with Gasteiger partial charge >= 0.3 is 18.0 Å². The van der Waals surface area contributed by atoms with Crippen LogP contribution in [-0.4, -0.2) is 30.6 Å². The maximum absolute atomic E-state index is 12.9. The Hall–Kier alpha value is -3.71. The number of carbonyl (C=O) groups is 3. The van der Waals surface area contributed by atoms with Gasteiger partial charge in [0.1, 0.15) is 6.04 Å². The van der Waals surface area contributed by atoms with Gasteiger partial charge in [0.05, 0.1) is 11.3 Å². The molecule has 33 heavy (non-hydrogen) atoms. The van der Waals surface area contributed by atoms with Crippen LogP contribution in [0, 0.1) is 20.8 Å². The summed E-state index contributed by atoms with van der Waals surface area (Å²) in [6.45, 7) is 6.57. The van der Waals surface area contributed by atoms with Crippen molar-refractivity contribution in [2.45, 2.75) is 39.7 Å². The Kier molecular flexibility index (Phi) is 6.42. The fourth-order valence-electron chi connectivity index (χ4n) is 4.26. The van der Waals surface area contributed by atoms with Crippen molar-refractivity contribution in [3.05, 3.63) is 70.8 Å². The predicted molar refractivity (Wildman–Crippen MR) is 129 cm³/mol. The zero-order valence-electron chi connectivity index (χ0n) is 19.0. The molecule has 3 N–H and O–H groups in total. The van der Waals surface area contributed by atoms with Crippen molar-refractivity contribution in [1.82, 2.24) is 5.32 Å². The topological polar surface area (TPSA) is 96.5 Å². The molecule has 0 saturated carbocycles. The van der Waals surface area contributed by atoms with Crippen molar-refractivity contribution < 1.29 is 19.1 Å². The number of benzene rings is 3. The quantitative estimate of drug-likeness (QED) is 0.394. The summed E-state index contributed by atoms with van der Waals surface area (Å²) in [5, 5.41) is 10.3. The maximum Gasteiger partial charge on any atom is 0.347 e. The molecule has 1 heterocycles. The molecule has 2 amide bonds. The second kappa shape index (κ2) is 9.42. The average Bonchev–Trinajstić information content (AvgIpc) is 3.31. The van der Waals surface area contributed by atoms with Gasteiger partial charge in [-0.1, -0.05) is 42.0 Å². The molecule has 0 aliphatic carbocycles. The van der Waals surface area contributed by atoms with E-state index in [1.165, 1.54) is 0 Å². The molecular formula is C26H27N3O4. The van der Waals surface area contributed by atoms with Gasteiger partial charge in [0, 0.05) is 5.69 Å². The number of hydrogen-bond donors (Lipinski definition) is 3. The summed E-state index contributed by atoms with van der Waals surface area (Å²) >= 11 is 0. The highest BCUT2D eigenvalue weighted by atomic mass is 16.6. The molecule has 4 rings (SSSR count). The first-order valence-electron chi connectivity index (χ1n) is 11.0. The summed E-state index contributed by atoms with van der Waals surface area (Å²) in [6, 6.07) is 13.8. The fourth-order valence-corrected chi connectivity index (χ4v) is 4.26. The Bertz CT molecular complexity index is 1220. The molecule has 0 bridgehead atoms. The number of hydrogen-bond acceptors (Lipinski definition) is 5. The van der Waals surface area contributed by atoms with E-state index >= 15 is 0 Å². The van der Waals surface area contributed by atoms with E-state index in [1.807, 2.05) is 57.2 Å². The van der Waals surface area contributed by atoms with Gasteiger partial charge in [0.15, 0.2) is 0 Å². The third-order valence-corrected chi connectivity index (χ3v) is 5.81. The van der Waals surface area contributed by atoms with E-state index in [-0.39, 0.29) is 11.3 Å². The zero-order chi connectivity index (χ0) is 23.5. The summed E-state index contributed by atoms with van der Waals surface area (Å²) < 4.78 is 5.15. The lowest BCUT2D eigenvalue weighted by molar-refractivity contribution is -0.139. The lowest BCUT2D eigenvalue weighted by Crippen LogP contribution is -2.34. The molecule has 0 aromatic heterocycles. The standard InChI is InChI=1S/C26H27N3O4/c1-15-11-16(2)23(17(3)12-15)29-26(32)28-22-14-19-8-5-4-7-18(19)13-20(22)24(30)33-25(31)21-9-6-10-27-21/h4-5,7-8,11-14,21,27H,6,9-10H2,1-3H3,(H2,28,29,32)/t21-/m1/s1. The number of urea groups is 1. The Morgan fingerprint density at radius 1 is 0.939 bits per heavy atom. The Labute approximate surface area is 192 Å². The number of amides is 2. The van der Waals surface area contributed by atoms with Gasteiger partial charge in [-0.25, -0.2) is 14.4 Å². The number of esters is 2. The fraction of sp³-hybridized carbons (Fsp3) is 0.269. The maximum atomic E-state index is 12.9. The van der Waals surface area contributed by atoms with Crippen LogP contribution in [0.4, 0.5) is 16.2 Å². The van der Waals surface area contributed by atoms with Crippen LogP contribution >= 0.6 is 0 Å². The highest BCUT2D eigenvalue weighted by Gasteiger charge is 2.27. The predicted octanol–water partition coefficient (Wildman–Crippen LogP) is 4.84. The molecule has 170 valence electrons. The zero-order valence-corrected chi connectivity index (χ0v) is 19.0. The second-order valence-electron chi connectivity index (χ2n) is 8.46. The van der Waals surface area contributed by atoms with Gasteiger partial charge in [-0.3, -0.25) is 0 Å². The Morgan fingerprint density at radius 3 is 2.24 bits per heavy atom. The Balaban J connectivity index is 1.61. The first-order chi connectivity index (χ1) is 15.8. The SMILES string of the molecule is Cc1cc(C)c(NC(=O)Nc2cc3ccccc3cc2C(=O)OC(=O)[C@H]2CCCN2)c(C)c1. The van der Waals surface area contributed by atoms with E-state index < -0.39 is 24.0 Å². The summed E-state index contributed by atoms with van der Waals surface area (Å²) in [4.78, 5) is 38.1. The van der Waals surface area contributed by atoms with Gasteiger partial charge in [-0.2, -0.15) is 0 Å². The van der Waals surface area contributed by atoms with Gasteiger partial charge < -0.3 is 20.7 Å². The first kappa shape index (κ1) is 22.5. The number of aryl methyl sites for hydroxylation is 3. The third-order valence-electron chi connectivity index (χ3n) is 5.81. The van der Waals surface area contributed by atoms with Crippen molar-refractivity contribution in [3.8, 4) is 0 Å². The van der Waals surface area contributed by atoms with Crippen LogP contribution in [0.5, 0.6) is 0 Å². The summed E-state index contributed by atoms with van der Waals surface area (Å²) in [6.07, 6.45) is 1.49. The summed E-state index contributed by atoms with van der Waals surface area (Å²) in [5.41, 5.74) is 4.09. The molecule has 7 heteroatoms. The third kappa shape index (κ3) is 5.04. The minimum atomic E-state index is -0.794. The van der Waals surface area contributed by atoms with Crippen LogP contribution in [-0.2, 0) is 9.53 Å². The molecule has 3 aromatic carbocycles. The van der Waals surface area contributed by atoms with E-state index in [4.69, 9.17) is 4.74 Å². The minimum absolute atomic E-state index is 0.118. The van der Waals surface area contributed by atoms with E-state index in [0.29, 0.717) is 12.1 Å². The van der Waals surface area contributed by atoms with Gasteiger partial charge in [0.2, 0.25) is 0 Å². The number of carbonyl (C=O) groups excluding carboxylic acids is 3. The largest absolute Gasteiger partial charge is 0.388 e. The highest BCUT2D eigenvalue weighted by molar-refractivity contribution is 6.10. The molecule has 1 aliphatic rings.